The molecular formula is C12H22O8. The van der Waals surface area contributed by atoms with Crippen molar-refractivity contribution in [2.24, 2.45) is 0 Å². The molecule has 4 N–H and O–H groups in total. The van der Waals surface area contributed by atoms with Gasteiger partial charge < -0.3 is 29.9 Å². The molecule has 8 nitrogen and oxygen atoms in total. The molecule has 0 aromatic carbocycles. The molecule has 0 spiro atoms. The number of carbonyl (C=O) groups is 2. The highest BCUT2D eigenvalue weighted by Gasteiger charge is 2.15. The summed E-state index contributed by atoms with van der Waals surface area (Å²) in [5.41, 5.74) is 0. The first kappa shape index (κ1) is 18.8. The van der Waals surface area contributed by atoms with Gasteiger partial charge in [0.2, 0.25) is 12.6 Å². The minimum absolute atomic E-state index is 0.118. The predicted molar refractivity (Wildman–Crippen MR) is 66.1 cm³/mol. The van der Waals surface area contributed by atoms with Crippen LogP contribution in [0.4, 0.5) is 0 Å². The molecule has 2 unspecified atom stereocenters. The molecule has 0 bridgehead atoms. The number of aliphatic hydroxyl groups excluding tert-OH is 4. The van der Waals surface area contributed by atoms with Crippen LogP contribution in [0.1, 0.15) is 38.5 Å². The lowest BCUT2D eigenvalue weighted by Crippen LogP contribution is -2.21. The van der Waals surface area contributed by atoms with Crippen molar-refractivity contribution < 1.29 is 39.5 Å². The Kier molecular flexibility index (Phi) is 10.9. The highest BCUT2D eigenvalue weighted by atomic mass is 16.6. The monoisotopic (exact) mass is 294 g/mol. The Hall–Kier alpha value is -1.22. The topological polar surface area (TPSA) is 134 Å². The van der Waals surface area contributed by atoms with E-state index in [1.54, 1.807) is 0 Å². The molecule has 0 saturated carbocycles. The first-order valence-corrected chi connectivity index (χ1v) is 6.46. The van der Waals surface area contributed by atoms with Gasteiger partial charge in [-0.25, -0.2) is 0 Å². The molecule has 0 aromatic heterocycles. The SMILES string of the molecule is O=C(CCC(=O)OC(O)CCCO)OC(O)CCCO. The minimum Gasteiger partial charge on any atom is -0.436 e. The Labute approximate surface area is 116 Å². The van der Waals surface area contributed by atoms with Gasteiger partial charge in [-0.3, -0.25) is 9.59 Å². The Morgan fingerprint density at radius 2 is 1.15 bits per heavy atom. The average molecular weight is 294 g/mol. The molecule has 2 atom stereocenters. The molecule has 0 amide bonds. The third kappa shape index (κ3) is 10.7. The van der Waals surface area contributed by atoms with Crippen LogP contribution in [0.5, 0.6) is 0 Å². The van der Waals surface area contributed by atoms with Crippen molar-refractivity contribution >= 4 is 11.9 Å². The van der Waals surface area contributed by atoms with E-state index in [1.165, 1.54) is 0 Å². The number of rotatable bonds is 11. The third-order valence-electron chi connectivity index (χ3n) is 2.29. The van der Waals surface area contributed by atoms with E-state index in [-0.39, 0.29) is 38.9 Å². The maximum Gasteiger partial charge on any atom is 0.308 e. The van der Waals surface area contributed by atoms with E-state index in [4.69, 9.17) is 10.2 Å². The van der Waals surface area contributed by atoms with Crippen LogP contribution in [0.15, 0.2) is 0 Å². The van der Waals surface area contributed by atoms with Crippen molar-refractivity contribution in [2.45, 2.75) is 51.1 Å². The Morgan fingerprint density at radius 1 is 0.800 bits per heavy atom. The summed E-state index contributed by atoms with van der Waals surface area (Å²) in [6.07, 6.45) is -2.33. The molecule has 0 aliphatic carbocycles. The molecule has 0 heterocycles. The average Bonchev–Trinajstić information content (AvgIpc) is 2.40. The van der Waals surface area contributed by atoms with Crippen molar-refractivity contribution in [3.05, 3.63) is 0 Å². The quantitative estimate of drug-likeness (QED) is 0.283. The molecule has 0 aromatic rings. The smallest absolute Gasteiger partial charge is 0.308 e. The number of carbonyl (C=O) groups excluding carboxylic acids is 2. The van der Waals surface area contributed by atoms with E-state index in [0.29, 0.717) is 12.8 Å². The Balaban J connectivity index is 3.74. The lowest BCUT2D eigenvalue weighted by atomic mass is 10.3. The molecular weight excluding hydrogens is 272 g/mol. The van der Waals surface area contributed by atoms with Gasteiger partial charge in [-0.15, -0.1) is 0 Å². The van der Waals surface area contributed by atoms with Gasteiger partial charge in [-0.1, -0.05) is 0 Å². The van der Waals surface area contributed by atoms with Crippen molar-refractivity contribution in [3.63, 3.8) is 0 Å². The van der Waals surface area contributed by atoms with E-state index in [9.17, 15) is 19.8 Å². The van der Waals surface area contributed by atoms with Crippen molar-refractivity contribution in [1.29, 1.82) is 0 Å². The summed E-state index contributed by atoms with van der Waals surface area (Å²) in [5, 5.41) is 35.5. The second kappa shape index (κ2) is 11.6. The van der Waals surface area contributed by atoms with E-state index in [1.807, 2.05) is 0 Å². The summed E-state index contributed by atoms with van der Waals surface area (Å²) >= 11 is 0. The number of aliphatic hydroxyl groups is 4. The number of ether oxygens (including phenoxy) is 2. The van der Waals surface area contributed by atoms with Gasteiger partial charge in [0.05, 0.1) is 12.8 Å². The van der Waals surface area contributed by atoms with Crippen molar-refractivity contribution in [1.82, 2.24) is 0 Å². The highest BCUT2D eigenvalue weighted by molar-refractivity contribution is 5.77. The second-order valence-electron chi connectivity index (χ2n) is 4.12. The fourth-order valence-corrected chi connectivity index (χ4v) is 1.28. The van der Waals surface area contributed by atoms with Crippen LogP contribution in [-0.4, -0.2) is 58.2 Å². The zero-order valence-electron chi connectivity index (χ0n) is 11.2. The summed E-state index contributed by atoms with van der Waals surface area (Å²) in [7, 11) is 0. The van der Waals surface area contributed by atoms with E-state index in [0.717, 1.165) is 0 Å². The fourth-order valence-electron chi connectivity index (χ4n) is 1.28. The zero-order chi connectivity index (χ0) is 15.4. The summed E-state index contributed by atoms with van der Waals surface area (Å²) in [6.45, 7) is -0.237. The van der Waals surface area contributed by atoms with Crippen LogP contribution < -0.4 is 0 Å². The zero-order valence-corrected chi connectivity index (χ0v) is 11.2. The van der Waals surface area contributed by atoms with Gasteiger partial charge in [0.15, 0.2) is 0 Å². The molecule has 0 saturated heterocycles. The number of hydrogen-bond donors (Lipinski definition) is 4. The molecule has 8 heteroatoms. The maximum absolute atomic E-state index is 11.2. The number of hydrogen-bond acceptors (Lipinski definition) is 8. The standard InChI is InChI=1S/C12H22O8/c13-7-1-3-9(15)19-11(17)5-6-12(18)20-10(16)4-2-8-14/h9-10,13-16H,1-8H2. The minimum atomic E-state index is -1.30. The van der Waals surface area contributed by atoms with Crippen molar-refractivity contribution in [2.75, 3.05) is 13.2 Å². The highest BCUT2D eigenvalue weighted by Crippen LogP contribution is 2.05. The molecule has 0 fully saturated rings. The number of esters is 2. The summed E-state index contributed by atoms with van der Waals surface area (Å²) < 4.78 is 9.15. The Morgan fingerprint density at radius 3 is 1.45 bits per heavy atom. The molecule has 0 radical (unpaired) electrons. The molecule has 0 rings (SSSR count). The van der Waals surface area contributed by atoms with E-state index < -0.39 is 24.5 Å². The summed E-state index contributed by atoms with van der Waals surface area (Å²) in [6, 6.07) is 0. The van der Waals surface area contributed by atoms with Crippen LogP contribution >= 0.6 is 0 Å². The van der Waals surface area contributed by atoms with Gasteiger partial charge in [0.25, 0.3) is 0 Å². The molecule has 118 valence electrons. The van der Waals surface area contributed by atoms with Gasteiger partial charge in [0, 0.05) is 26.1 Å². The van der Waals surface area contributed by atoms with Gasteiger partial charge >= 0.3 is 11.9 Å². The van der Waals surface area contributed by atoms with Crippen LogP contribution in [0.3, 0.4) is 0 Å². The molecule has 0 aliphatic heterocycles. The lowest BCUT2D eigenvalue weighted by molar-refractivity contribution is -0.176. The van der Waals surface area contributed by atoms with Crippen LogP contribution in [-0.2, 0) is 19.1 Å². The largest absolute Gasteiger partial charge is 0.436 e. The summed E-state index contributed by atoms with van der Waals surface area (Å²) in [5.74, 6) is -1.53. The summed E-state index contributed by atoms with van der Waals surface area (Å²) in [4.78, 5) is 22.5. The van der Waals surface area contributed by atoms with Gasteiger partial charge in [0.1, 0.15) is 0 Å². The molecule has 0 aliphatic rings. The van der Waals surface area contributed by atoms with Gasteiger partial charge in [-0.05, 0) is 12.8 Å². The second-order valence-corrected chi connectivity index (χ2v) is 4.12. The lowest BCUT2D eigenvalue weighted by Gasteiger charge is -2.12. The first-order chi connectivity index (χ1) is 9.49. The maximum atomic E-state index is 11.2. The third-order valence-corrected chi connectivity index (χ3v) is 2.29. The predicted octanol–water partition coefficient (Wildman–Crippen LogP) is -0.965. The molecule has 20 heavy (non-hydrogen) atoms. The van der Waals surface area contributed by atoms with Gasteiger partial charge in [-0.2, -0.15) is 0 Å². The fraction of sp³-hybridized carbons (Fsp3) is 0.833. The van der Waals surface area contributed by atoms with Crippen LogP contribution in [0.2, 0.25) is 0 Å². The van der Waals surface area contributed by atoms with E-state index in [2.05, 4.69) is 9.47 Å². The van der Waals surface area contributed by atoms with Crippen LogP contribution in [0.25, 0.3) is 0 Å². The first-order valence-electron chi connectivity index (χ1n) is 6.46. The Bertz CT molecular complexity index is 253. The van der Waals surface area contributed by atoms with Crippen molar-refractivity contribution in [3.8, 4) is 0 Å². The van der Waals surface area contributed by atoms with Crippen LogP contribution in [0, 0.1) is 0 Å². The normalized spacial score (nSPS) is 13.6. The van der Waals surface area contributed by atoms with E-state index >= 15 is 0 Å².